The first-order valence-corrected chi connectivity index (χ1v) is 18.2. The molecule has 0 saturated heterocycles. The molecule has 1 fully saturated rings. The van der Waals surface area contributed by atoms with Gasteiger partial charge in [0.1, 0.15) is 18.3 Å². The molecule has 10 heteroatoms. The largest absolute Gasteiger partial charge is 0.492 e. The summed E-state index contributed by atoms with van der Waals surface area (Å²) in [5.74, 6) is -0.493. The molecule has 4 aromatic rings. The molecule has 0 bridgehead atoms. The van der Waals surface area contributed by atoms with Crippen LogP contribution in [0.2, 0.25) is 5.02 Å². The number of hydrogen-bond acceptors (Lipinski definition) is 5. The fraction of sp³-hybridized carbons (Fsp3) is 0.316. The third kappa shape index (κ3) is 8.76. The number of hydrogen-bond donors (Lipinski definition) is 1. The second kappa shape index (κ2) is 16.2. The van der Waals surface area contributed by atoms with Crippen molar-refractivity contribution >= 4 is 39.1 Å². The number of anilines is 1. The summed E-state index contributed by atoms with van der Waals surface area (Å²) in [5, 5.41) is 3.68. The van der Waals surface area contributed by atoms with Gasteiger partial charge in [-0.15, -0.1) is 0 Å². The van der Waals surface area contributed by atoms with Crippen molar-refractivity contribution in [2.75, 3.05) is 17.5 Å². The molecule has 0 aromatic heterocycles. The third-order valence-electron chi connectivity index (χ3n) is 8.54. The smallest absolute Gasteiger partial charge is 0.264 e. The Balaban J connectivity index is 1.59. The van der Waals surface area contributed by atoms with E-state index in [1.54, 1.807) is 54.6 Å². The highest BCUT2D eigenvalue weighted by molar-refractivity contribution is 7.92. The zero-order chi connectivity index (χ0) is 34.1. The topological polar surface area (TPSA) is 96.0 Å². The van der Waals surface area contributed by atoms with Gasteiger partial charge in [-0.3, -0.25) is 13.9 Å². The van der Waals surface area contributed by atoms with Crippen molar-refractivity contribution in [2.24, 2.45) is 0 Å². The first kappa shape index (κ1) is 35.0. The van der Waals surface area contributed by atoms with E-state index in [2.05, 4.69) is 5.32 Å². The Kier molecular flexibility index (Phi) is 11.8. The molecule has 0 unspecified atom stereocenters. The Labute approximate surface area is 288 Å². The van der Waals surface area contributed by atoms with Crippen molar-refractivity contribution in [3.8, 4) is 5.75 Å². The van der Waals surface area contributed by atoms with Gasteiger partial charge in [0.25, 0.3) is 10.0 Å². The van der Waals surface area contributed by atoms with Crippen molar-refractivity contribution in [2.45, 2.75) is 69.5 Å². The zero-order valence-corrected chi connectivity index (χ0v) is 28.9. The van der Waals surface area contributed by atoms with Gasteiger partial charge in [-0.05, 0) is 74.2 Å². The van der Waals surface area contributed by atoms with Crippen LogP contribution in [-0.4, -0.2) is 50.4 Å². The van der Waals surface area contributed by atoms with Gasteiger partial charge in [0.2, 0.25) is 11.8 Å². The highest BCUT2D eigenvalue weighted by Crippen LogP contribution is 2.33. The lowest BCUT2D eigenvalue weighted by Gasteiger charge is -2.34. The van der Waals surface area contributed by atoms with Crippen molar-refractivity contribution in [1.82, 2.24) is 10.2 Å². The summed E-state index contributed by atoms with van der Waals surface area (Å²) < 4.78 is 35.7. The second-order valence-electron chi connectivity index (χ2n) is 12.1. The summed E-state index contributed by atoms with van der Waals surface area (Å²) >= 11 is 6.36. The van der Waals surface area contributed by atoms with Gasteiger partial charge in [-0.2, -0.15) is 0 Å². The number of sulfonamides is 1. The van der Waals surface area contributed by atoms with Crippen LogP contribution in [0.25, 0.3) is 0 Å². The number of nitrogens with zero attached hydrogens (tertiary/aromatic N) is 2. The Morgan fingerprint density at radius 3 is 2.25 bits per heavy atom. The average Bonchev–Trinajstić information content (AvgIpc) is 3.59. The van der Waals surface area contributed by atoms with Gasteiger partial charge in [-0.1, -0.05) is 96.7 Å². The van der Waals surface area contributed by atoms with Gasteiger partial charge in [0, 0.05) is 24.0 Å². The SMILES string of the molecule is CCOc1ccccc1N(CC(=O)N(Cc1cccc(Cl)c1)[C@@H](Cc1ccccc1)C(=O)NC1CCCC1)S(=O)(=O)c1ccc(C)cc1. The maximum atomic E-state index is 14.8. The Morgan fingerprint density at radius 2 is 1.56 bits per heavy atom. The maximum Gasteiger partial charge on any atom is 0.264 e. The number of nitrogens with one attached hydrogen (secondary N) is 1. The van der Waals surface area contributed by atoms with Crippen LogP contribution in [0.15, 0.2) is 108 Å². The van der Waals surface area contributed by atoms with E-state index in [0.717, 1.165) is 41.1 Å². The van der Waals surface area contributed by atoms with E-state index < -0.39 is 28.5 Å². The molecule has 252 valence electrons. The maximum absolute atomic E-state index is 14.8. The lowest BCUT2D eigenvalue weighted by Crippen LogP contribution is -2.54. The Morgan fingerprint density at radius 1 is 0.896 bits per heavy atom. The number of rotatable bonds is 14. The average molecular weight is 688 g/mol. The molecule has 1 aliphatic carbocycles. The first-order chi connectivity index (χ1) is 23.2. The minimum absolute atomic E-state index is 0.0235. The quantitative estimate of drug-likeness (QED) is 0.155. The molecular weight excluding hydrogens is 646 g/mol. The number of aryl methyl sites for hydroxylation is 1. The Hall–Kier alpha value is -4.34. The van der Waals surface area contributed by atoms with Gasteiger partial charge < -0.3 is 15.0 Å². The highest BCUT2D eigenvalue weighted by Gasteiger charge is 2.36. The van der Waals surface area contributed by atoms with Gasteiger partial charge >= 0.3 is 0 Å². The van der Waals surface area contributed by atoms with E-state index in [1.165, 1.54) is 17.0 Å². The molecule has 0 heterocycles. The van der Waals surface area contributed by atoms with E-state index in [4.69, 9.17) is 16.3 Å². The van der Waals surface area contributed by atoms with E-state index >= 15 is 0 Å². The van der Waals surface area contributed by atoms with Crippen LogP contribution in [0.5, 0.6) is 5.75 Å². The molecule has 0 aliphatic heterocycles. The van der Waals surface area contributed by atoms with Gasteiger partial charge in [0.15, 0.2) is 0 Å². The number of ether oxygens (including phenoxy) is 1. The van der Waals surface area contributed by atoms with Crippen LogP contribution in [0.4, 0.5) is 5.69 Å². The van der Waals surface area contributed by atoms with Crippen molar-refractivity contribution in [1.29, 1.82) is 0 Å². The number of halogens is 1. The molecule has 2 amide bonds. The molecule has 48 heavy (non-hydrogen) atoms. The third-order valence-corrected chi connectivity index (χ3v) is 10.5. The Bertz CT molecular complexity index is 1790. The minimum atomic E-state index is -4.26. The van der Waals surface area contributed by atoms with E-state index in [1.807, 2.05) is 50.2 Å². The molecule has 4 aromatic carbocycles. The molecule has 5 rings (SSSR count). The van der Waals surface area contributed by atoms with Crippen LogP contribution >= 0.6 is 11.6 Å². The molecular formula is C38H42ClN3O5S. The molecule has 1 atom stereocenters. The molecule has 0 radical (unpaired) electrons. The lowest BCUT2D eigenvalue weighted by atomic mass is 10.0. The van der Waals surface area contributed by atoms with Gasteiger partial charge in [-0.25, -0.2) is 8.42 Å². The number of carbonyl (C=O) groups excluding carboxylic acids is 2. The summed E-state index contributed by atoms with van der Waals surface area (Å²) in [6.07, 6.45) is 4.06. The summed E-state index contributed by atoms with van der Waals surface area (Å²) in [5.41, 5.74) is 2.71. The summed E-state index contributed by atoms with van der Waals surface area (Å²) in [4.78, 5) is 30.5. The van der Waals surface area contributed by atoms with E-state index in [0.29, 0.717) is 22.9 Å². The van der Waals surface area contributed by atoms with Crippen LogP contribution < -0.4 is 14.4 Å². The van der Waals surface area contributed by atoms with Crippen LogP contribution in [0.1, 0.15) is 49.3 Å². The lowest BCUT2D eigenvalue weighted by molar-refractivity contribution is -0.140. The highest BCUT2D eigenvalue weighted by atomic mass is 35.5. The number of carbonyl (C=O) groups is 2. The normalized spacial score (nSPS) is 13.9. The van der Waals surface area contributed by atoms with Crippen LogP contribution in [-0.2, 0) is 32.6 Å². The minimum Gasteiger partial charge on any atom is -0.492 e. The molecule has 1 N–H and O–H groups in total. The fourth-order valence-electron chi connectivity index (χ4n) is 6.05. The van der Waals surface area contributed by atoms with E-state index in [9.17, 15) is 18.0 Å². The number of amides is 2. The summed E-state index contributed by atoms with van der Waals surface area (Å²) in [7, 11) is -4.26. The molecule has 1 aliphatic rings. The summed E-state index contributed by atoms with van der Waals surface area (Å²) in [6.45, 7) is 3.46. The molecule has 0 spiro atoms. The van der Waals surface area contributed by atoms with Gasteiger partial charge in [0.05, 0.1) is 17.2 Å². The van der Waals surface area contributed by atoms with E-state index in [-0.39, 0.29) is 35.5 Å². The monoisotopic (exact) mass is 687 g/mol. The summed E-state index contributed by atoms with van der Waals surface area (Å²) in [6, 6.07) is 29.0. The van der Waals surface area contributed by atoms with Crippen molar-refractivity contribution in [3.63, 3.8) is 0 Å². The zero-order valence-electron chi connectivity index (χ0n) is 27.3. The first-order valence-electron chi connectivity index (χ1n) is 16.3. The van der Waals surface area contributed by atoms with Crippen LogP contribution in [0, 0.1) is 6.92 Å². The standard InChI is InChI=1S/C38H42ClN3O5S/c1-3-47-36-19-10-9-18-34(36)42(48(45,46)33-22-20-28(2)21-23-33)27-37(43)41(26-30-14-11-15-31(39)24-30)35(25-29-12-5-4-6-13-29)38(44)40-32-16-7-8-17-32/h4-6,9-15,18-24,32,35H,3,7-8,16-17,25-27H2,1-2H3,(H,40,44)/t35-/m0/s1. The predicted octanol–water partition coefficient (Wildman–Crippen LogP) is 6.94. The predicted molar refractivity (Wildman–Crippen MR) is 190 cm³/mol. The van der Waals surface area contributed by atoms with Crippen molar-refractivity contribution < 1.29 is 22.7 Å². The molecule has 1 saturated carbocycles. The number of benzene rings is 4. The fourth-order valence-corrected chi connectivity index (χ4v) is 7.68. The second-order valence-corrected chi connectivity index (χ2v) is 14.4. The van der Waals surface area contributed by atoms with Crippen molar-refractivity contribution in [3.05, 3.63) is 125 Å². The van der Waals surface area contributed by atoms with Crippen LogP contribution in [0.3, 0.4) is 0 Å². The molecule has 8 nitrogen and oxygen atoms in total. The number of para-hydroxylation sites is 2.